The standard InChI is InChI=1S/C28H28N6O/c1-18-9-11-22(12-10-18)24-13-14-29-28-27(24)21(4)31-34(28)17-26(35)30-25-15-20(3)33(32-25)16-23-8-6-5-7-19(23)2/h5-15H,16-17H2,1-4H3,(H,30,32,35). The number of fused-ring (bicyclic) bond motifs is 1. The summed E-state index contributed by atoms with van der Waals surface area (Å²) in [4.78, 5) is 17.5. The van der Waals surface area contributed by atoms with Gasteiger partial charge >= 0.3 is 0 Å². The minimum Gasteiger partial charge on any atom is -0.308 e. The van der Waals surface area contributed by atoms with Crippen LogP contribution in [0.2, 0.25) is 0 Å². The minimum absolute atomic E-state index is 0.0540. The average molecular weight is 465 g/mol. The lowest BCUT2D eigenvalue weighted by atomic mass is 10.0. The topological polar surface area (TPSA) is 77.6 Å². The van der Waals surface area contributed by atoms with Gasteiger partial charge in [0.25, 0.3) is 0 Å². The van der Waals surface area contributed by atoms with Gasteiger partial charge in [-0.1, -0.05) is 54.1 Å². The Morgan fingerprint density at radius 2 is 1.69 bits per heavy atom. The second-order valence-corrected chi connectivity index (χ2v) is 8.97. The molecule has 0 spiro atoms. The molecule has 1 amide bonds. The molecular weight excluding hydrogens is 436 g/mol. The van der Waals surface area contributed by atoms with Crippen LogP contribution in [0.15, 0.2) is 66.9 Å². The maximum atomic E-state index is 12.9. The number of hydrogen-bond acceptors (Lipinski definition) is 4. The third-order valence-electron chi connectivity index (χ3n) is 6.29. The Kier molecular flexibility index (Phi) is 5.91. The largest absolute Gasteiger partial charge is 0.308 e. The summed E-state index contributed by atoms with van der Waals surface area (Å²) >= 11 is 0. The van der Waals surface area contributed by atoms with E-state index in [-0.39, 0.29) is 12.5 Å². The van der Waals surface area contributed by atoms with Crippen molar-refractivity contribution >= 4 is 22.8 Å². The molecule has 0 bridgehead atoms. The zero-order chi connectivity index (χ0) is 24.5. The predicted octanol–water partition coefficient (Wildman–Crippen LogP) is 5.22. The first-order valence-corrected chi connectivity index (χ1v) is 11.7. The normalized spacial score (nSPS) is 11.2. The molecule has 3 heterocycles. The molecule has 35 heavy (non-hydrogen) atoms. The molecule has 0 aliphatic carbocycles. The Bertz CT molecular complexity index is 1530. The molecule has 7 heteroatoms. The smallest absolute Gasteiger partial charge is 0.247 e. The summed E-state index contributed by atoms with van der Waals surface area (Å²) < 4.78 is 3.57. The van der Waals surface area contributed by atoms with Gasteiger partial charge in [0, 0.05) is 23.3 Å². The van der Waals surface area contributed by atoms with Gasteiger partial charge < -0.3 is 5.32 Å². The number of pyridine rings is 1. The maximum absolute atomic E-state index is 12.9. The van der Waals surface area contributed by atoms with Crippen LogP contribution in [-0.2, 0) is 17.9 Å². The van der Waals surface area contributed by atoms with Crippen molar-refractivity contribution in [2.45, 2.75) is 40.8 Å². The van der Waals surface area contributed by atoms with Crippen molar-refractivity contribution in [2.75, 3.05) is 5.32 Å². The number of hydrogen-bond donors (Lipinski definition) is 1. The zero-order valence-corrected chi connectivity index (χ0v) is 20.4. The number of carbonyl (C=O) groups is 1. The van der Waals surface area contributed by atoms with Gasteiger partial charge in [-0.2, -0.15) is 10.2 Å². The number of nitrogens with zero attached hydrogens (tertiary/aromatic N) is 5. The quantitative estimate of drug-likeness (QED) is 0.374. The van der Waals surface area contributed by atoms with Crippen molar-refractivity contribution in [1.29, 1.82) is 0 Å². The molecule has 0 fully saturated rings. The third-order valence-corrected chi connectivity index (χ3v) is 6.29. The van der Waals surface area contributed by atoms with Crippen molar-refractivity contribution < 1.29 is 4.79 Å². The van der Waals surface area contributed by atoms with Gasteiger partial charge in [-0.05, 0) is 56.0 Å². The van der Waals surface area contributed by atoms with E-state index in [1.807, 2.05) is 42.8 Å². The Morgan fingerprint density at radius 1 is 0.914 bits per heavy atom. The Labute approximate surface area is 204 Å². The van der Waals surface area contributed by atoms with E-state index in [1.165, 1.54) is 16.7 Å². The molecule has 0 saturated carbocycles. The molecule has 0 radical (unpaired) electrons. The van der Waals surface area contributed by atoms with Gasteiger partial charge in [0.2, 0.25) is 5.91 Å². The van der Waals surface area contributed by atoms with E-state index in [0.29, 0.717) is 18.0 Å². The van der Waals surface area contributed by atoms with Crippen LogP contribution in [-0.4, -0.2) is 30.5 Å². The number of aryl methyl sites for hydroxylation is 4. The number of rotatable bonds is 6. The third kappa shape index (κ3) is 4.57. The maximum Gasteiger partial charge on any atom is 0.247 e. The SMILES string of the molecule is Cc1ccc(-c2ccnc3c2c(C)nn3CC(=O)Nc2cc(C)n(Cc3ccccc3C)n2)cc1. The van der Waals surface area contributed by atoms with Crippen molar-refractivity contribution in [3.63, 3.8) is 0 Å². The van der Waals surface area contributed by atoms with E-state index in [2.05, 4.69) is 70.7 Å². The summed E-state index contributed by atoms with van der Waals surface area (Å²) in [6.45, 7) is 8.81. The van der Waals surface area contributed by atoms with Crippen LogP contribution in [0.3, 0.4) is 0 Å². The fourth-order valence-electron chi connectivity index (χ4n) is 4.36. The van der Waals surface area contributed by atoms with Crippen LogP contribution in [0.25, 0.3) is 22.2 Å². The molecule has 0 saturated heterocycles. The molecule has 176 valence electrons. The Morgan fingerprint density at radius 3 is 2.46 bits per heavy atom. The summed E-state index contributed by atoms with van der Waals surface area (Å²) in [5, 5.41) is 13.1. The molecular formula is C28H28N6O. The predicted molar refractivity (Wildman–Crippen MR) is 138 cm³/mol. The fourth-order valence-corrected chi connectivity index (χ4v) is 4.36. The van der Waals surface area contributed by atoms with Crippen LogP contribution in [0, 0.1) is 27.7 Å². The van der Waals surface area contributed by atoms with E-state index < -0.39 is 0 Å². The van der Waals surface area contributed by atoms with Gasteiger partial charge in [-0.3, -0.25) is 9.48 Å². The molecule has 1 N–H and O–H groups in total. The summed E-state index contributed by atoms with van der Waals surface area (Å²) in [7, 11) is 0. The zero-order valence-electron chi connectivity index (χ0n) is 20.4. The second-order valence-electron chi connectivity index (χ2n) is 8.97. The molecule has 3 aromatic heterocycles. The lowest BCUT2D eigenvalue weighted by molar-refractivity contribution is -0.116. The van der Waals surface area contributed by atoms with E-state index in [9.17, 15) is 4.79 Å². The summed E-state index contributed by atoms with van der Waals surface area (Å²) in [6, 6.07) is 20.5. The first-order chi connectivity index (χ1) is 16.9. The number of anilines is 1. The Hall–Kier alpha value is -4.26. The Balaban J connectivity index is 1.36. The van der Waals surface area contributed by atoms with E-state index in [4.69, 9.17) is 0 Å². The summed E-state index contributed by atoms with van der Waals surface area (Å²) in [5.74, 6) is 0.333. The molecule has 2 aromatic carbocycles. The summed E-state index contributed by atoms with van der Waals surface area (Å²) in [6.07, 6.45) is 1.77. The van der Waals surface area contributed by atoms with Crippen LogP contribution in [0.5, 0.6) is 0 Å². The number of nitrogens with one attached hydrogen (secondary N) is 1. The average Bonchev–Trinajstić information content (AvgIpc) is 3.34. The van der Waals surface area contributed by atoms with Crippen LogP contribution < -0.4 is 5.32 Å². The highest BCUT2D eigenvalue weighted by Crippen LogP contribution is 2.30. The van der Waals surface area contributed by atoms with E-state index in [1.54, 1.807) is 10.9 Å². The van der Waals surface area contributed by atoms with Gasteiger partial charge in [0.15, 0.2) is 11.5 Å². The van der Waals surface area contributed by atoms with Crippen molar-refractivity contribution in [3.8, 4) is 11.1 Å². The van der Waals surface area contributed by atoms with E-state index >= 15 is 0 Å². The van der Waals surface area contributed by atoms with Gasteiger partial charge in [0.05, 0.1) is 12.2 Å². The van der Waals surface area contributed by atoms with Crippen molar-refractivity contribution in [2.24, 2.45) is 0 Å². The minimum atomic E-state index is -0.197. The highest BCUT2D eigenvalue weighted by molar-refractivity contribution is 5.96. The number of aromatic nitrogens is 5. The number of benzene rings is 2. The molecule has 0 atom stereocenters. The van der Waals surface area contributed by atoms with E-state index in [0.717, 1.165) is 27.9 Å². The van der Waals surface area contributed by atoms with Crippen molar-refractivity contribution in [3.05, 3.63) is 94.9 Å². The highest BCUT2D eigenvalue weighted by atomic mass is 16.2. The number of amides is 1. The molecule has 0 unspecified atom stereocenters. The van der Waals surface area contributed by atoms with Gasteiger partial charge in [-0.15, -0.1) is 0 Å². The molecule has 5 rings (SSSR count). The van der Waals surface area contributed by atoms with Gasteiger partial charge in [-0.25, -0.2) is 9.67 Å². The van der Waals surface area contributed by atoms with Crippen LogP contribution in [0.4, 0.5) is 5.82 Å². The lowest BCUT2D eigenvalue weighted by Gasteiger charge is -2.07. The lowest BCUT2D eigenvalue weighted by Crippen LogP contribution is -2.20. The second kappa shape index (κ2) is 9.18. The first kappa shape index (κ1) is 22.5. The first-order valence-electron chi connectivity index (χ1n) is 11.7. The molecule has 5 aromatic rings. The van der Waals surface area contributed by atoms with Gasteiger partial charge in [0.1, 0.15) is 6.54 Å². The summed E-state index contributed by atoms with van der Waals surface area (Å²) in [5.41, 5.74) is 8.30. The monoisotopic (exact) mass is 464 g/mol. The molecule has 0 aliphatic rings. The van der Waals surface area contributed by atoms with Crippen LogP contribution in [0.1, 0.15) is 28.1 Å². The molecule has 7 nitrogen and oxygen atoms in total. The fraction of sp³-hybridized carbons (Fsp3) is 0.214. The molecule has 0 aliphatic heterocycles. The highest BCUT2D eigenvalue weighted by Gasteiger charge is 2.17. The van der Waals surface area contributed by atoms with Crippen LogP contribution >= 0.6 is 0 Å². The van der Waals surface area contributed by atoms with Crippen molar-refractivity contribution in [1.82, 2.24) is 24.5 Å². The number of carbonyl (C=O) groups excluding carboxylic acids is 1.